The van der Waals surface area contributed by atoms with Crippen LogP contribution in [0.4, 0.5) is 0 Å². The Kier molecular flexibility index (Phi) is 8.20. The summed E-state index contributed by atoms with van der Waals surface area (Å²) in [6.45, 7) is 2.12. The summed E-state index contributed by atoms with van der Waals surface area (Å²) in [7, 11) is 1.69. The molecule has 0 fully saturated rings. The molecule has 136 valence electrons. The van der Waals surface area contributed by atoms with Gasteiger partial charge in [0.15, 0.2) is 0 Å². The number of carbonyl (C=O) groups excluding carboxylic acids is 2. The fraction of sp³-hybridized carbons (Fsp3) is 0.474. The second-order valence-corrected chi connectivity index (χ2v) is 8.75. The standard InChI is InChI=1S/C19H23BrO4Se/c1-3-24-19(22)8-7-15(21)18-11-14-10-13(6-4-5-9-20)16(23-2)12-17(14)25-18/h10-12H,3-9H2,1-2H3. The van der Waals surface area contributed by atoms with Gasteiger partial charge in [-0.15, -0.1) is 0 Å². The average molecular weight is 474 g/mol. The maximum atomic E-state index is 12.4. The van der Waals surface area contributed by atoms with Crippen molar-refractivity contribution in [2.75, 3.05) is 19.0 Å². The molecule has 1 heterocycles. The zero-order valence-corrected chi connectivity index (χ0v) is 17.9. The van der Waals surface area contributed by atoms with E-state index in [1.165, 1.54) is 9.82 Å². The number of aryl methyl sites for hydroxylation is 1. The van der Waals surface area contributed by atoms with E-state index in [0.717, 1.165) is 40.2 Å². The molecule has 2 rings (SSSR count). The summed E-state index contributed by atoms with van der Waals surface area (Å²) in [5, 5.41) is 2.12. The third-order valence-corrected chi connectivity index (χ3v) is 6.84. The Bertz CT molecular complexity index is 738. The van der Waals surface area contributed by atoms with Crippen LogP contribution in [-0.4, -0.2) is 45.3 Å². The first-order valence-electron chi connectivity index (χ1n) is 8.44. The molecule has 0 atom stereocenters. The normalized spacial score (nSPS) is 10.8. The summed E-state index contributed by atoms with van der Waals surface area (Å²) in [5.41, 5.74) is 1.19. The minimum atomic E-state index is -0.310. The number of alkyl halides is 1. The third kappa shape index (κ3) is 5.70. The summed E-state index contributed by atoms with van der Waals surface area (Å²) in [6, 6.07) is 6.20. The van der Waals surface area contributed by atoms with Crippen LogP contribution in [0.1, 0.15) is 47.4 Å². The number of methoxy groups -OCH3 is 1. The minimum absolute atomic E-state index is 0.0251. The van der Waals surface area contributed by atoms with E-state index in [-0.39, 0.29) is 39.1 Å². The van der Waals surface area contributed by atoms with E-state index in [4.69, 9.17) is 9.47 Å². The van der Waals surface area contributed by atoms with Gasteiger partial charge in [-0.1, -0.05) is 0 Å². The topological polar surface area (TPSA) is 52.6 Å². The van der Waals surface area contributed by atoms with Crippen LogP contribution in [0.2, 0.25) is 0 Å². The van der Waals surface area contributed by atoms with E-state index >= 15 is 0 Å². The molecule has 0 spiro atoms. The Balaban J connectivity index is 2.14. The summed E-state index contributed by atoms with van der Waals surface area (Å²) >= 11 is 3.43. The molecule has 2 aromatic rings. The molecular formula is C19H23BrO4Se. The number of benzene rings is 1. The summed E-state index contributed by atoms with van der Waals surface area (Å²) < 4.78 is 12.4. The number of carbonyl (C=O) groups is 2. The molecule has 0 aliphatic carbocycles. The fourth-order valence-electron chi connectivity index (χ4n) is 2.62. The molecular weight excluding hydrogens is 451 g/mol. The molecule has 0 aliphatic heterocycles. The van der Waals surface area contributed by atoms with Gasteiger partial charge in [0.2, 0.25) is 0 Å². The zero-order valence-electron chi connectivity index (χ0n) is 14.6. The maximum absolute atomic E-state index is 12.4. The number of fused-ring (bicyclic) bond motifs is 1. The van der Waals surface area contributed by atoms with Gasteiger partial charge in [0.1, 0.15) is 0 Å². The number of ether oxygens (including phenoxy) is 2. The van der Waals surface area contributed by atoms with Crippen LogP contribution < -0.4 is 4.74 Å². The van der Waals surface area contributed by atoms with Crippen LogP contribution in [0, 0.1) is 0 Å². The van der Waals surface area contributed by atoms with Crippen molar-refractivity contribution in [3.63, 3.8) is 0 Å². The molecule has 4 nitrogen and oxygen atoms in total. The molecule has 1 aromatic carbocycles. The van der Waals surface area contributed by atoms with Crippen molar-refractivity contribution in [3.05, 3.63) is 28.2 Å². The van der Waals surface area contributed by atoms with Gasteiger partial charge in [-0.2, -0.15) is 0 Å². The van der Waals surface area contributed by atoms with Crippen molar-refractivity contribution in [3.8, 4) is 5.75 Å². The zero-order chi connectivity index (χ0) is 18.2. The van der Waals surface area contributed by atoms with E-state index in [2.05, 4.69) is 28.1 Å². The molecule has 0 saturated carbocycles. The monoisotopic (exact) mass is 474 g/mol. The van der Waals surface area contributed by atoms with E-state index in [9.17, 15) is 9.59 Å². The van der Waals surface area contributed by atoms with Crippen molar-refractivity contribution in [2.45, 2.75) is 39.0 Å². The van der Waals surface area contributed by atoms with E-state index in [1.54, 1.807) is 14.0 Å². The number of Topliss-reactive ketones (excluding diaryl/α,β-unsaturated/α-hetero) is 1. The van der Waals surface area contributed by atoms with Crippen LogP contribution in [0.5, 0.6) is 5.75 Å². The molecule has 6 heteroatoms. The number of hydrogen-bond donors (Lipinski definition) is 0. The Morgan fingerprint density at radius 1 is 1.16 bits per heavy atom. The Morgan fingerprint density at radius 2 is 1.96 bits per heavy atom. The van der Waals surface area contributed by atoms with Crippen molar-refractivity contribution in [1.82, 2.24) is 0 Å². The van der Waals surface area contributed by atoms with Crippen molar-refractivity contribution < 1.29 is 19.1 Å². The van der Waals surface area contributed by atoms with E-state index < -0.39 is 0 Å². The van der Waals surface area contributed by atoms with E-state index in [0.29, 0.717) is 6.61 Å². The van der Waals surface area contributed by atoms with Gasteiger partial charge in [0.05, 0.1) is 0 Å². The molecule has 0 amide bonds. The predicted molar refractivity (Wildman–Crippen MR) is 104 cm³/mol. The van der Waals surface area contributed by atoms with Gasteiger partial charge < -0.3 is 0 Å². The van der Waals surface area contributed by atoms with Gasteiger partial charge in [-0.3, -0.25) is 0 Å². The van der Waals surface area contributed by atoms with Crippen LogP contribution >= 0.6 is 15.9 Å². The van der Waals surface area contributed by atoms with Crippen molar-refractivity contribution in [1.29, 1.82) is 0 Å². The number of esters is 1. The second-order valence-electron chi connectivity index (χ2n) is 5.69. The Labute approximate surface area is 162 Å². The molecule has 0 unspecified atom stereocenters. The first kappa shape index (κ1) is 20.2. The molecule has 0 bridgehead atoms. The SMILES string of the molecule is CCOC(=O)CCC(=O)c1cc2cc(CCCCBr)c(OC)cc2[se]1. The van der Waals surface area contributed by atoms with Gasteiger partial charge >= 0.3 is 163 Å². The summed E-state index contributed by atoms with van der Waals surface area (Å²) in [5.74, 6) is 0.642. The van der Waals surface area contributed by atoms with E-state index in [1.807, 2.05) is 6.07 Å². The average Bonchev–Trinajstić information content (AvgIpc) is 3.02. The molecule has 0 saturated heterocycles. The van der Waals surface area contributed by atoms with Crippen molar-refractivity contribution in [2.24, 2.45) is 0 Å². The van der Waals surface area contributed by atoms with Gasteiger partial charge in [-0.25, -0.2) is 0 Å². The molecule has 0 N–H and O–H groups in total. The van der Waals surface area contributed by atoms with Gasteiger partial charge in [-0.05, 0) is 0 Å². The molecule has 0 aliphatic rings. The van der Waals surface area contributed by atoms with Crippen LogP contribution in [0.3, 0.4) is 0 Å². The number of hydrogen-bond acceptors (Lipinski definition) is 4. The van der Waals surface area contributed by atoms with Crippen LogP contribution in [-0.2, 0) is 16.0 Å². The first-order valence-corrected chi connectivity index (χ1v) is 11.3. The fourth-order valence-corrected chi connectivity index (χ4v) is 5.20. The summed E-state index contributed by atoms with van der Waals surface area (Å²) in [4.78, 5) is 23.8. The van der Waals surface area contributed by atoms with Gasteiger partial charge in [0, 0.05) is 0 Å². The summed E-state index contributed by atoms with van der Waals surface area (Å²) in [6.07, 6.45) is 3.56. The van der Waals surface area contributed by atoms with Crippen molar-refractivity contribution >= 4 is 51.8 Å². The number of unbranched alkanes of at least 4 members (excludes halogenated alkanes) is 1. The first-order chi connectivity index (χ1) is 12.1. The molecule has 0 radical (unpaired) electrons. The molecule has 1 aromatic heterocycles. The number of halogens is 1. The Morgan fingerprint density at radius 3 is 2.64 bits per heavy atom. The second kappa shape index (κ2) is 10.1. The Hall–Kier alpha value is -1.10. The number of ketones is 1. The predicted octanol–water partition coefficient (Wildman–Crippen LogP) is 4.15. The third-order valence-electron chi connectivity index (χ3n) is 3.89. The quantitative estimate of drug-likeness (QED) is 0.171. The van der Waals surface area contributed by atoms with Crippen LogP contribution in [0.25, 0.3) is 9.65 Å². The molecule has 25 heavy (non-hydrogen) atoms. The van der Waals surface area contributed by atoms with Crippen LogP contribution in [0.15, 0.2) is 18.2 Å². The number of rotatable bonds is 10. The van der Waals surface area contributed by atoms with Gasteiger partial charge in [0.25, 0.3) is 0 Å².